The van der Waals surface area contributed by atoms with E-state index < -0.39 is 10.5 Å². The molecule has 2 bridgehead atoms. The summed E-state index contributed by atoms with van der Waals surface area (Å²) in [6, 6.07) is 6.90. The van der Waals surface area contributed by atoms with Crippen LogP contribution in [0.2, 0.25) is 0 Å². The van der Waals surface area contributed by atoms with Gasteiger partial charge in [0.1, 0.15) is 5.84 Å². The number of carbonyl (C=O) groups is 2. The molecule has 4 aliphatic rings. The van der Waals surface area contributed by atoms with Gasteiger partial charge in [0.2, 0.25) is 0 Å². The van der Waals surface area contributed by atoms with Crippen LogP contribution < -0.4 is 10.2 Å². The van der Waals surface area contributed by atoms with Crippen molar-refractivity contribution in [3.05, 3.63) is 29.8 Å². The van der Waals surface area contributed by atoms with Gasteiger partial charge in [-0.2, -0.15) is 0 Å². The number of benzodiazepines with no additional fused rings is 1. The maximum absolute atomic E-state index is 12.7. The summed E-state index contributed by atoms with van der Waals surface area (Å²) in [5.74, 6) is 1.97. The molecule has 0 aromatic heterocycles. The summed E-state index contributed by atoms with van der Waals surface area (Å²) >= 11 is 0. The van der Waals surface area contributed by atoms with Gasteiger partial charge in [0.05, 0.1) is 12.6 Å². The Morgan fingerprint density at radius 3 is 2.36 bits per heavy atom. The summed E-state index contributed by atoms with van der Waals surface area (Å²) in [5.41, 5.74) is 7.12. The molecule has 1 saturated carbocycles. The van der Waals surface area contributed by atoms with Crippen LogP contribution >= 0.6 is 0 Å². The first-order chi connectivity index (χ1) is 12.0. The monoisotopic (exact) mass is 341 g/mol. The van der Waals surface area contributed by atoms with Gasteiger partial charge in [0, 0.05) is 19.2 Å². The van der Waals surface area contributed by atoms with Crippen LogP contribution in [0.1, 0.15) is 31.2 Å². The molecule has 6 nitrogen and oxygen atoms in total. The molecule has 25 heavy (non-hydrogen) atoms. The number of carbonyl (C=O) groups excluding carboxylic acids is 2. The third-order valence-corrected chi connectivity index (χ3v) is 6.15. The molecule has 6 heteroatoms. The van der Waals surface area contributed by atoms with Crippen molar-refractivity contribution in [2.24, 2.45) is 22.6 Å². The fourth-order valence-corrected chi connectivity index (χ4v) is 4.54. The second kappa shape index (κ2) is 5.95. The molecule has 132 valence electrons. The average molecular weight is 341 g/mol. The molecule has 1 atom stereocenters. The number of rotatable bonds is 0. The Balaban J connectivity index is 1.81. The average Bonchev–Trinajstić information content (AvgIpc) is 2.98. The van der Waals surface area contributed by atoms with Gasteiger partial charge in [-0.25, -0.2) is 9.59 Å². The van der Waals surface area contributed by atoms with Crippen molar-refractivity contribution >= 4 is 23.5 Å². The second-order valence-electron chi connectivity index (χ2n) is 7.69. The number of para-hydroxylation sites is 1. The van der Waals surface area contributed by atoms with Crippen LogP contribution in [0.5, 0.6) is 0 Å². The number of quaternary nitrogens is 1. The van der Waals surface area contributed by atoms with Gasteiger partial charge >= 0.3 is 11.9 Å². The first kappa shape index (κ1) is 16.3. The predicted molar refractivity (Wildman–Crippen MR) is 97.2 cm³/mol. The number of benzene rings is 1. The highest BCUT2D eigenvalue weighted by Gasteiger charge is 2.46. The Labute approximate surface area is 147 Å². The number of primary amides is 1. The Morgan fingerprint density at radius 2 is 1.76 bits per heavy atom. The Bertz CT molecular complexity index is 738. The first-order valence-electron chi connectivity index (χ1n) is 9.09. The molecule has 1 unspecified atom stereocenters. The SMILES string of the molecule is C[N+]1(C(N)=O)C(=O)CN=C(N2CC3CCC(CC3)C2)c2ccccc21. The quantitative estimate of drug-likeness (QED) is 0.734. The number of aliphatic imine (C=N–C) groups is 1. The molecule has 3 amide bonds. The van der Waals surface area contributed by atoms with Crippen molar-refractivity contribution < 1.29 is 9.59 Å². The molecule has 3 heterocycles. The van der Waals surface area contributed by atoms with Gasteiger partial charge in [-0.05, 0) is 43.6 Å². The highest BCUT2D eigenvalue weighted by molar-refractivity contribution is 6.15. The van der Waals surface area contributed by atoms with E-state index >= 15 is 0 Å². The van der Waals surface area contributed by atoms with Gasteiger partial charge in [-0.3, -0.25) is 4.99 Å². The molecular weight excluding hydrogens is 316 g/mol. The fourth-order valence-electron chi connectivity index (χ4n) is 4.54. The predicted octanol–water partition coefficient (Wildman–Crippen LogP) is 2.11. The van der Waals surface area contributed by atoms with Crippen molar-refractivity contribution in [3.63, 3.8) is 0 Å². The second-order valence-corrected chi connectivity index (χ2v) is 7.69. The summed E-state index contributed by atoms with van der Waals surface area (Å²) in [6.45, 7) is 1.95. The zero-order valence-electron chi connectivity index (χ0n) is 14.6. The zero-order chi connectivity index (χ0) is 17.6. The number of urea groups is 1. The van der Waals surface area contributed by atoms with Crippen LogP contribution in [0.3, 0.4) is 0 Å². The summed E-state index contributed by atoms with van der Waals surface area (Å²) in [7, 11) is 1.58. The van der Waals surface area contributed by atoms with E-state index in [4.69, 9.17) is 5.73 Å². The number of amides is 3. The van der Waals surface area contributed by atoms with Crippen molar-refractivity contribution in [3.8, 4) is 0 Å². The van der Waals surface area contributed by atoms with Gasteiger partial charge in [-0.1, -0.05) is 12.1 Å². The van der Waals surface area contributed by atoms with Crippen LogP contribution in [0, 0.1) is 11.8 Å². The van der Waals surface area contributed by atoms with E-state index in [1.807, 2.05) is 24.3 Å². The number of imide groups is 1. The van der Waals surface area contributed by atoms with E-state index in [9.17, 15) is 9.59 Å². The molecule has 3 fully saturated rings. The Hall–Kier alpha value is -2.21. The largest absolute Gasteiger partial charge is 0.426 e. The van der Waals surface area contributed by atoms with Crippen LogP contribution in [-0.2, 0) is 4.79 Å². The molecule has 1 aromatic carbocycles. The van der Waals surface area contributed by atoms with E-state index in [2.05, 4.69) is 9.89 Å². The molecule has 2 saturated heterocycles. The van der Waals surface area contributed by atoms with Gasteiger partial charge < -0.3 is 10.6 Å². The first-order valence-corrected chi connectivity index (χ1v) is 9.09. The third-order valence-electron chi connectivity index (χ3n) is 6.15. The van der Waals surface area contributed by atoms with Gasteiger partial charge in [0.25, 0.3) is 0 Å². The summed E-state index contributed by atoms with van der Waals surface area (Å²) < 4.78 is -0.524. The number of fused-ring (bicyclic) bond motifs is 5. The van der Waals surface area contributed by atoms with Crippen LogP contribution in [0.4, 0.5) is 10.5 Å². The van der Waals surface area contributed by atoms with E-state index in [-0.39, 0.29) is 12.5 Å². The van der Waals surface area contributed by atoms with Crippen molar-refractivity contribution in [2.45, 2.75) is 25.7 Å². The van der Waals surface area contributed by atoms with E-state index in [1.54, 1.807) is 7.05 Å². The number of amidine groups is 1. The number of hydrogen-bond acceptors (Lipinski definition) is 4. The zero-order valence-corrected chi connectivity index (χ0v) is 14.6. The van der Waals surface area contributed by atoms with Crippen LogP contribution in [0.25, 0.3) is 0 Å². The molecule has 0 spiro atoms. The number of likely N-dealkylation sites (N-methyl/N-ethyl adjacent to an activating group) is 1. The fraction of sp³-hybridized carbons (Fsp3) is 0.526. The highest BCUT2D eigenvalue weighted by Crippen LogP contribution is 2.36. The Morgan fingerprint density at radius 1 is 1.16 bits per heavy atom. The standard InChI is InChI=1S/C19H24N4O2/c1-23(19(20)25)16-5-3-2-4-15(16)18(21-10-17(23)24)22-11-13-6-7-14(12-22)9-8-13/h2-5,13-14H,6-12H2,1H3,(H-,20,25)/p+1. The molecular formula is C19H25N4O2+. The van der Waals surface area contributed by atoms with Gasteiger partial charge in [0.15, 0.2) is 12.2 Å². The summed E-state index contributed by atoms with van der Waals surface area (Å²) in [4.78, 5) is 31.9. The molecule has 3 aliphatic heterocycles. The van der Waals surface area contributed by atoms with Crippen LogP contribution in [-0.4, -0.2) is 49.4 Å². The maximum Gasteiger partial charge on any atom is 0.426 e. The molecule has 5 rings (SSSR count). The minimum atomic E-state index is -0.662. The van der Waals surface area contributed by atoms with Crippen LogP contribution in [0.15, 0.2) is 29.3 Å². The minimum Gasteiger partial charge on any atom is -0.356 e. The van der Waals surface area contributed by atoms with Crippen molar-refractivity contribution in [1.82, 2.24) is 9.38 Å². The van der Waals surface area contributed by atoms with E-state index in [0.717, 1.165) is 24.5 Å². The van der Waals surface area contributed by atoms with E-state index in [0.29, 0.717) is 17.5 Å². The lowest BCUT2D eigenvalue weighted by molar-refractivity contribution is -0.125. The minimum absolute atomic E-state index is 0.0186. The normalized spacial score (nSPS) is 31.8. The smallest absolute Gasteiger partial charge is 0.356 e. The summed E-state index contributed by atoms with van der Waals surface area (Å²) in [5, 5.41) is 0. The number of nitrogens with two attached hydrogens (primary N) is 1. The maximum atomic E-state index is 12.7. The topological polar surface area (TPSA) is 75.8 Å². The molecule has 1 aliphatic carbocycles. The number of hydrogen-bond donors (Lipinski definition) is 1. The molecule has 2 N–H and O–H groups in total. The highest BCUT2D eigenvalue weighted by atomic mass is 16.2. The van der Waals surface area contributed by atoms with Crippen molar-refractivity contribution in [2.75, 3.05) is 26.7 Å². The molecule has 0 radical (unpaired) electrons. The lowest BCUT2D eigenvalue weighted by Crippen LogP contribution is -2.59. The van der Waals surface area contributed by atoms with E-state index in [1.165, 1.54) is 25.7 Å². The third kappa shape index (κ3) is 2.56. The summed E-state index contributed by atoms with van der Waals surface area (Å²) in [6.07, 6.45) is 5.13. The number of nitrogens with zero attached hydrogens (tertiary/aromatic N) is 3. The lowest BCUT2D eigenvalue weighted by atomic mass is 9.84. The lowest BCUT2D eigenvalue weighted by Gasteiger charge is -2.29. The molecule has 1 aromatic rings. The van der Waals surface area contributed by atoms with Gasteiger partial charge in [-0.15, -0.1) is 4.48 Å². The van der Waals surface area contributed by atoms with Crippen molar-refractivity contribution in [1.29, 1.82) is 0 Å². The Kier molecular flexibility index (Phi) is 3.87.